The Morgan fingerprint density at radius 3 is 2.55 bits per heavy atom. The number of ether oxygens (including phenoxy) is 2. The van der Waals surface area contributed by atoms with Crippen LogP contribution in [0.15, 0.2) is 11.6 Å². The van der Waals surface area contributed by atoms with E-state index in [0.717, 1.165) is 14.9 Å². The summed E-state index contributed by atoms with van der Waals surface area (Å²) in [5.41, 5.74) is 0.322. The minimum atomic E-state index is -0.443. The summed E-state index contributed by atoms with van der Waals surface area (Å²) >= 11 is 2.92. The first-order valence-electron chi connectivity index (χ1n) is 6.10. The maximum Gasteiger partial charge on any atom is 0.357 e. The lowest BCUT2D eigenvalue weighted by Gasteiger charge is -2.18. The van der Waals surface area contributed by atoms with Crippen LogP contribution in [0.4, 0.5) is 0 Å². The van der Waals surface area contributed by atoms with Crippen LogP contribution in [0.25, 0.3) is 10.0 Å². The fourth-order valence-electron chi connectivity index (χ4n) is 1.87. The van der Waals surface area contributed by atoms with Crippen molar-refractivity contribution in [3.8, 4) is 10.0 Å². The van der Waals surface area contributed by atoms with Crippen LogP contribution < -0.4 is 0 Å². The Balaban J connectivity index is 2.50. The van der Waals surface area contributed by atoms with Gasteiger partial charge in [-0.2, -0.15) is 0 Å². The van der Waals surface area contributed by atoms with Crippen molar-refractivity contribution < 1.29 is 14.3 Å². The normalized spacial score (nSPS) is 12.7. The summed E-state index contributed by atoms with van der Waals surface area (Å²) in [7, 11) is 2.99. The smallest absolute Gasteiger partial charge is 0.357 e. The molecule has 1 atom stereocenters. The lowest BCUT2D eigenvalue weighted by molar-refractivity contribution is 0.0541. The highest BCUT2D eigenvalue weighted by atomic mass is 32.1. The average Bonchev–Trinajstić information content (AvgIpc) is 3.07. The molecule has 0 N–H and O–H groups in total. The number of esters is 1. The van der Waals surface area contributed by atoms with Gasteiger partial charge in [-0.15, -0.1) is 22.7 Å². The van der Waals surface area contributed by atoms with Crippen LogP contribution in [0.3, 0.4) is 0 Å². The van der Waals surface area contributed by atoms with Crippen LogP contribution in [0.1, 0.15) is 35.3 Å². The van der Waals surface area contributed by atoms with Gasteiger partial charge in [-0.1, -0.05) is 13.8 Å². The van der Waals surface area contributed by atoms with Gasteiger partial charge in [0.05, 0.1) is 18.1 Å². The van der Waals surface area contributed by atoms with Crippen molar-refractivity contribution in [2.24, 2.45) is 5.92 Å². The van der Waals surface area contributed by atoms with Crippen molar-refractivity contribution >= 4 is 28.6 Å². The van der Waals surface area contributed by atoms with E-state index < -0.39 is 5.97 Å². The third kappa shape index (κ3) is 2.89. The molecule has 0 bridgehead atoms. The molecular weight excluding hydrogens is 296 g/mol. The topological polar surface area (TPSA) is 61.3 Å². The van der Waals surface area contributed by atoms with Crippen LogP contribution in [-0.2, 0) is 9.47 Å². The van der Waals surface area contributed by atoms with Crippen molar-refractivity contribution in [1.82, 2.24) is 9.97 Å². The van der Waals surface area contributed by atoms with E-state index in [-0.39, 0.29) is 12.0 Å². The lowest BCUT2D eigenvalue weighted by Crippen LogP contribution is -2.13. The van der Waals surface area contributed by atoms with E-state index >= 15 is 0 Å². The fraction of sp³-hybridized carbons (Fsp3) is 0.462. The predicted molar refractivity (Wildman–Crippen MR) is 79.1 cm³/mol. The van der Waals surface area contributed by atoms with E-state index in [4.69, 9.17) is 9.47 Å². The van der Waals surface area contributed by atoms with Crippen molar-refractivity contribution in [3.63, 3.8) is 0 Å². The molecule has 1 unspecified atom stereocenters. The molecule has 0 saturated carbocycles. The van der Waals surface area contributed by atoms with Gasteiger partial charge in [-0.05, 0) is 5.92 Å². The third-order valence-corrected chi connectivity index (χ3v) is 4.80. The number of carbonyl (C=O) groups is 1. The second-order valence-electron chi connectivity index (χ2n) is 4.46. The zero-order chi connectivity index (χ0) is 14.7. The second kappa shape index (κ2) is 6.43. The van der Waals surface area contributed by atoms with Gasteiger partial charge in [-0.25, -0.2) is 14.8 Å². The molecule has 0 saturated heterocycles. The molecule has 0 aliphatic carbocycles. The summed E-state index contributed by atoms with van der Waals surface area (Å²) < 4.78 is 10.3. The quantitative estimate of drug-likeness (QED) is 0.792. The van der Waals surface area contributed by atoms with Crippen molar-refractivity contribution in [2.75, 3.05) is 14.2 Å². The molecule has 108 valence electrons. The van der Waals surface area contributed by atoms with Gasteiger partial charge in [0, 0.05) is 18.7 Å². The molecule has 7 heteroatoms. The Morgan fingerprint density at radius 2 is 2.05 bits per heavy atom. The Hall–Kier alpha value is -1.31. The first-order chi connectivity index (χ1) is 9.58. The van der Waals surface area contributed by atoms with Crippen LogP contribution >= 0.6 is 22.7 Å². The fourth-order valence-corrected chi connectivity index (χ4v) is 3.85. The number of rotatable bonds is 5. The van der Waals surface area contributed by atoms with E-state index in [1.807, 2.05) is 19.2 Å². The van der Waals surface area contributed by atoms with Gasteiger partial charge in [0.25, 0.3) is 0 Å². The molecule has 5 nitrogen and oxygen atoms in total. The second-order valence-corrected chi connectivity index (χ2v) is 6.39. The Bertz CT molecular complexity index is 578. The molecular formula is C13H16N2O3S2. The molecule has 0 spiro atoms. The van der Waals surface area contributed by atoms with Crippen molar-refractivity contribution in [3.05, 3.63) is 22.1 Å². The van der Waals surface area contributed by atoms with Crippen LogP contribution in [0.5, 0.6) is 0 Å². The Kier molecular flexibility index (Phi) is 4.85. The summed E-state index contributed by atoms with van der Waals surface area (Å²) in [6.07, 6.45) is 1.53. The number of aromatic nitrogens is 2. The summed E-state index contributed by atoms with van der Waals surface area (Å²) in [6.45, 7) is 4.08. The largest absolute Gasteiger partial charge is 0.464 e. The summed E-state index contributed by atoms with van der Waals surface area (Å²) in [4.78, 5) is 21.3. The van der Waals surface area contributed by atoms with Crippen LogP contribution in [-0.4, -0.2) is 30.2 Å². The van der Waals surface area contributed by atoms with E-state index in [0.29, 0.717) is 5.69 Å². The zero-order valence-corrected chi connectivity index (χ0v) is 13.4. The number of hydrogen-bond donors (Lipinski definition) is 0. The lowest BCUT2D eigenvalue weighted by atomic mass is 10.0. The number of hydrogen-bond acceptors (Lipinski definition) is 7. The first-order valence-corrected chi connectivity index (χ1v) is 7.79. The van der Waals surface area contributed by atoms with Crippen LogP contribution in [0, 0.1) is 5.92 Å². The maximum absolute atomic E-state index is 11.9. The van der Waals surface area contributed by atoms with Crippen LogP contribution in [0.2, 0.25) is 0 Å². The minimum absolute atomic E-state index is 0.185. The first kappa shape index (κ1) is 15.1. The van der Waals surface area contributed by atoms with Crippen molar-refractivity contribution in [2.45, 2.75) is 20.0 Å². The maximum atomic E-state index is 11.9. The highest BCUT2D eigenvalue weighted by Gasteiger charge is 2.28. The molecule has 0 aliphatic rings. The number of thiazole rings is 2. The van der Waals surface area contributed by atoms with Crippen molar-refractivity contribution in [1.29, 1.82) is 0 Å². The van der Waals surface area contributed by atoms with Gasteiger partial charge in [0.15, 0.2) is 15.7 Å². The molecule has 2 aromatic heterocycles. The van der Waals surface area contributed by atoms with E-state index in [9.17, 15) is 4.79 Å². The SMILES string of the molecule is COC(=O)c1nc(-c2nccs2)sc1C(OC)C(C)C. The Labute approximate surface area is 125 Å². The number of methoxy groups -OCH3 is 2. The van der Waals surface area contributed by atoms with E-state index in [1.165, 1.54) is 29.8 Å². The van der Waals surface area contributed by atoms with Gasteiger partial charge in [0.1, 0.15) is 0 Å². The average molecular weight is 312 g/mol. The van der Waals surface area contributed by atoms with Gasteiger partial charge < -0.3 is 9.47 Å². The highest BCUT2D eigenvalue weighted by Crippen LogP contribution is 2.37. The summed E-state index contributed by atoms with van der Waals surface area (Å²) in [5, 5.41) is 3.40. The Morgan fingerprint density at radius 1 is 1.30 bits per heavy atom. The number of nitrogens with zero attached hydrogens (tertiary/aromatic N) is 2. The van der Waals surface area contributed by atoms with E-state index in [1.54, 1.807) is 13.3 Å². The molecule has 2 aromatic rings. The molecule has 0 amide bonds. The van der Waals surface area contributed by atoms with Gasteiger partial charge in [0.2, 0.25) is 0 Å². The molecule has 0 radical (unpaired) electrons. The predicted octanol–water partition coefficient (Wildman–Crippen LogP) is 3.40. The molecule has 0 aromatic carbocycles. The molecule has 2 heterocycles. The minimum Gasteiger partial charge on any atom is -0.464 e. The highest BCUT2D eigenvalue weighted by molar-refractivity contribution is 7.20. The molecule has 0 fully saturated rings. The standard InChI is InChI=1S/C13H16N2O3S2/c1-7(2)9(17-3)10-8(13(16)18-4)15-12(20-10)11-14-5-6-19-11/h5-7,9H,1-4H3. The van der Waals surface area contributed by atoms with E-state index in [2.05, 4.69) is 9.97 Å². The molecule has 2 rings (SSSR count). The zero-order valence-electron chi connectivity index (χ0n) is 11.7. The summed E-state index contributed by atoms with van der Waals surface area (Å²) in [6, 6.07) is 0. The number of carbonyl (C=O) groups excluding carboxylic acids is 1. The molecule has 20 heavy (non-hydrogen) atoms. The summed E-state index contributed by atoms with van der Waals surface area (Å²) in [5.74, 6) is -0.213. The monoisotopic (exact) mass is 312 g/mol. The van der Waals surface area contributed by atoms with Gasteiger partial charge >= 0.3 is 5.97 Å². The molecule has 0 aliphatic heterocycles. The third-order valence-electron chi connectivity index (χ3n) is 2.77. The van der Waals surface area contributed by atoms with Gasteiger partial charge in [-0.3, -0.25) is 0 Å².